The molecule has 1 aromatic rings. The second-order valence-electron chi connectivity index (χ2n) is 4.95. The van der Waals surface area contributed by atoms with Crippen molar-refractivity contribution < 1.29 is 9.53 Å². The van der Waals surface area contributed by atoms with Crippen molar-refractivity contribution in [3.63, 3.8) is 0 Å². The minimum absolute atomic E-state index is 0.206. The van der Waals surface area contributed by atoms with Gasteiger partial charge in [-0.2, -0.15) is 0 Å². The number of amides is 1. The first kappa shape index (κ1) is 13.9. The van der Waals surface area contributed by atoms with Gasteiger partial charge in [0.15, 0.2) is 0 Å². The first-order valence-corrected chi connectivity index (χ1v) is 6.92. The molecule has 1 N–H and O–H groups in total. The molecule has 19 heavy (non-hydrogen) atoms. The number of carbonyl (C=O) groups is 1. The maximum absolute atomic E-state index is 12.2. The molecule has 1 heterocycles. The summed E-state index contributed by atoms with van der Waals surface area (Å²) in [6.07, 6.45) is 0.471. The Balaban J connectivity index is 1.90. The van der Waals surface area contributed by atoms with Crippen molar-refractivity contribution in [1.82, 2.24) is 10.2 Å². The first-order chi connectivity index (χ1) is 9.19. The molecule has 1 unspecified atom stereocenters. The van der Waals surface area contributed by atoms with Crippen molar-refractivity contribution in [3.05, 3.63) is 29.8 Å². The molecular weight excluding hydrogens is 240 g/mol. The lowest BCUT2D eigenvalue weighted by atomic mass is 10.1. The average molecular weight is 262 g/mol. The van der Waals surface area contributed by atoms with E-state index in [2.05, 4.69) is 12.2 Å². The number of hydrogen-bond donors (Lipinski definition) is 1. The summed E-state index contributed by atoms with van der Waals surface area (Å²) in [7, 11) is 0. The Morgan fingerprint density at radius 1 is 1.42 bits per heavy atom. The fourth-order valence-corrected chi connectivity index (χ4v) is 2.32. The predicted octanol–water partition coefficient (Wildman–Crippen LogP) is 1.45. The number of nitrogens with one attached hydrogen (secondary N) is 1. The molecule has 4 heteroatoms. The Bertz CT molecular complexity index is 417. The van der Waals surface area contributed by atoms with Crippen LogP contribution in [0.3, 0.4) is 0 Å². The van der Waals surface area contributed by atoms with Gasteiger partial charge >= 0.3 is 0 Å². The molecule has 0 bridgehead atoms. The second-order valence-corrected chi connectivity index (χ2v) is 4.95. The number of ether oxygens (including phenoxy) is 1. The molecule has 0 radical (unpaired) electrons. The van der Waals surface area contributed by atoms with Crippen LogP contribution in [-0.4, -0.2) is 43.1 Å². The van der Waals surface area contributed by atoms with E-state index in [1.165, 1.54) is 0 Å². The van der Waals surface area contributed by atoms with Crippen molar-refractivity contribution in [1.29, 1.82) is 0 Å². The van der Waals surface area contributed by atoms with E-state index in [-0.39, 0.29) is 5.91 Å². The van der Waals surface area contributed by atoms with Crippen LogP contribution in [0.5, 0.6) is 5.75 Å². The molecule has 1 atom stereocenters. The molecule has 0 spiro atoms. The molecule has 104 valence electrons. The monoisotopic (exact) mass is 262 g/mol. The van der Waals surface area contributed by atoms with E-state index in [0.29, 0.717) is 19.1 Å². The minimum Gasteiger partial charge on any atom is -0.494 e. The maximum atomic E-state index is 12.2. The third kappa shape index (κ3) is 3.96. The molecular formula is C15H22N2O2. The van der Waals surface area contributed by atoms with E-state index < -0.39 is 0 Å². The smallest absolute Gasteiger partial charge is 0.227 e. The van der Waals surface area contributed by atoms with Crippen molar-refractivity contribution in [2.45, 2.75) is 26.3 Å². The number of rotatable bonds is 4. The van der Waals surface area contributed by atoms with Crippen molar-refractivity contribution >= 4 is 5.91 Å². The average Bonchev–Trinajstić information content (AvgIpc) is 2.41. The largest absolute Gasteiger partial charge is 0.494 e. The van der Waals surface area contributed by atoms with Crippen LogP contribution in [0.2, 0.25) is 0 Å². The number of piperazine rings is 1. The van der Waals surface area contributed by atoms with E-state index in [9.17, 15) is 4.79 Å². The van der Waals surface area contributed by atoms with Crippen molar-refractivity contribution in [2.24, 2.45) is 0 Å². The van der Waals surface area contributed by atoms with Gasteiger partial charge < -0.3 is 15.0 Å². The topological polar surface area (TPSA) is 41.6 Å². The van der Waals surface area contributed by atoms with Crippen LogP contribution in [-0.2, 0) is 11.2 Å². The van der Waals surface area contributed by atoms with E-state index in [0.717, 1.165) is 30.9 Å². The summed E-state index contributed by atoms with van der Waals surface area (Å²) in [5, 5.41) is 3.34. The van der Waals surface area contributed by atoms with Gasteiger partial charge in [-0.3, -0.25) is 4.79 Å². The fraction of sp³-hybridized carbons (Fsp3) is 0.533. The predicted molar refractivity (Wildman–Crippen MR) is 75.4 cm³/mol. The zero-order chi connectivity index (χ0) is 13.7. The van der Waals surface area contributed by atoms with Crippen molar-refractivity contribution in [3.8, 4) is 5.75 Å². The summed E-state index contributed by atoms with van der Waals surface area (Å²) in [6, 6.07) is 8.17. The van der Waals surface area contributed by atoms with Gasteiger partial charge in [-0.15, -0.1) is 0 Å². The lowest BCUT2D eigenvalue weighted by Crippen LogP contribution is -2.51. The molecule has 0 aliphatic carbocycles. The molecule has 1 aromatic carbocycles. The zero-order valence-corrected chi connectivity index (χ0v) is 11.7. The normalized spacial score (nSPS) is 19.3. The van der Waals surface area contributed by atoms with Gasteiger partial charge in [-0.05, 0) is 31.5 Å². The molecule has 1 aliphatic heterocycles. The van der Waals surface area contributed by atoms with E-state index in [1.54, 1.807) is 0 Å². The van der Waals surface area contributed by atoms with Gasteiger partial charge in [0.2, 0.25) is 5.91 Å². The molecule has 1 fully saturated rings. The van der Waals surface area contributed by atoms with Crippen LogP contribution in [0.1, 0.15) is 19.4 Å². The molecule has 0 aromatic heterocycles. The summed E-state index contributed by atoms with van der Waals surface area (Å²) < 4.78 is 5.39. The van der Waals surface area contributed by atoms with Gasteiger partial charge in [-0.1, -0.05) is 12.1 Å². The standard InChI is InChI=1S/C15H22N2O2/c1-3-19-14-6-4-13(5-7-14)10-15(18)17-9-8-16-12(2)11-17/h4-7,12,16H,3,8-11H2,1-2H3. The first-order valence-electron chi connectivity index (χ1n) is 6.92. The molecule has 1 saturated heterocycles. The lowest BCUT2D eigenvalue weighted by molar-refractivity contribution is -0.131. The SMILES string of the molecule is CCOc1ccc(CC(=O)N2CCNC(C)C2)cc1. The summed E-state index contributed by atoms with van der Waals surface area (Å²) >= 11 is 0. The van der Waals surface area contributed by atoms with Crippen molar-refractivity contribution in [2.75, 3.05) is 26.2 Å². The highest BCUT2D eigenvalue weighted by molar-refractivity contribution is 5.79. The molecule has 4 nitrogen and oxygen atoms in total. The Labute approximate surface area is 114 Å². The van der Waals surface area contributed by atoms with Crippen LogP contribution >= 0.6 is 0 Å². The summed E-state index contributed by atoms with van der Waals surface area (Å²) in [5.41, 5.74) is 1.04. The fourth-order valence-electron chi connectivity index (χ4n) is 2.32. The highest BCUT2D eigenvalue weighted by Crippen LogP contribution is 2.13. The van der Waals surface area contributed by atoms with Gasteiger partial charge in [-0.25, -0.2) is 0 Å². The number of nitrogens with zero attached hydrogens (tertiary/aromatic N) is 1. The summed E-state index contributed by atoms with van der Waals surface area (Å²) in [6.45, 7) is 7.22. The van der Waals surface area contributed by atoms with Crippen LogP contribution < -0.4 is 10.1 Å². The van der Waals surface area contributed by atoms with Crippen LogP contribution in [0.4, 0.5) is 0 Å². The molecule has 1 aliphatic rings. The highest BCUT2D eigenvalue weighted by atomic mass is 16.5. The van der Waals surface area contributed by atoms with E-state index in [4.69, 9.17) is 4.74 Å². The molecule has 1 amide bonds. The number of hydrogen-bond acceptors (Lipinski definition) is 3. The van der Waals surface area contributed by atoms with Crippen LogP contribution in [0.15, 0.2) is 24.3 Å². The summed E-state index contributed by atoms with van der Waals surface area (Å²) in [5.74, 6) is 1.06. The number of carbonyl (C=O) groups excluding carboxylic acids is 1. The van der Waals surface area contributed by atoms with Gasteiger partial charge in [0.25, 0.3) is 0 Å². The highest BCUT2D eigenvalue weighted by Gasteiger charge is 2.20. The van der Waals surface area contributed by atoms with Gasteiger partial charge in [0, 0.05) is 25.7 Å². The number of benzene rings is 1. The zero-order valence-electron chi connectivity index (χ0n) is 11.7. The quantitative estimate of drug-likeness (QED) is 0.893. The second kappa shape index (κ2) is 6.57. The van der Waals surface area contributed by atoms with Gasteiger partial charge in [0.05, 0.1) is 13.0 Å². The Morgan fingerprint density at radius 3 is 2.79 bits per heavy atom. The Hall–Kier alpha value is -1.55. The Kier molecular flexibility index (Phi) is 4.80. The third-order valence-electron chi connectivity index (χ3n) is 3.31. The minimum atomic E-state index is 0.206. The van der Waals surface area contributed by atoms with E-state index in [1.807, 2.05) is 36.1 Å². The summed E-state index contributed by atoms with van der Waals surface area (Å²) in [4.78, 5) is 14.1. The Morgan fingerprint density at radius 2 is 2.16 bits per heavy atom. The third-order valence-corrected chi connectivity index (χ3v) is 3.31. The van der Waals surface area contributed by atoms with Gasteiger partial charge in [0.1, 0.15) is 5.75 Å². The van der Waals surface area contributed by atoms with Crippen LogP contribution in [0, 0.1) is 0 Å². The maximum Gasteiger partial charge on any atom is 0.227 e. The molecule has 2 rings (SSSR count). The van der Waals surface area contributed by atoms with Crippen LogP contribution in [0.25, 0.3) is 0 Å². The van der Waals surface area contributed by atoms with E-state index >= 15 is 0 Å². The lowest BCUT2D eigenvalue weighted by Gasteiger charge is -2.32. The molecule has 0 saturated carbocycles.